The predicted molar refractivity (Wildman–Crippen MR) is 57.8 cm³/mol. The summed E-state index contributed by atoms with van der Waals surface area (Å²) in [4.78, 5) is 1.49. The van der Waals surface area contributed by atoms with Crippen molar-refractivity contribution >= 4 is 16.2 Å². The monoisotopic (exact) mass is 244 g/mol. The summed E-state index contributed by atoms with van der Waals surface area (Å²) in [6.45, 7) is 3.47. The Labute approximate surface area is 93.5 Å². The molecule has 0 radical (unpaired) electrons. The fourth-order valence-corrected chi connectivity index (χ4v) is 2.33. The van der Waals surface area contributed by atoms with Crippen molar-refractivity contribution in [2.75, 3.05) is 14.1 Å². The summed E-state index contributed by atoms with van der Waals surface area (Å²) in [5.74, 6) is 0.205. The highest BCUT2D eigenvalue weighted by Crippen LogP contribution is 2.26. The number of rotatable bonds is 0. The minimum atomic E-state index is -3.81. The van der Waals surface area contributed by atoms with E-state index in [1.165, 1.54) is 4.90 Å². The minimum absolute atomic E-state index is 0.0375. The maximum absolute atomic E-state index is 11.8. The second-order valence-electron chi connectivity index (χ2n) is 3.71. The van der Waals surface area contributed by atoms with Gasteiger partial charge >= 0.3 is 16.2 Å². The highest BCUT2D eigenvalue weighted by atomic mass is 32.2. The number of ether oxygens (including phenoxy) is 1. The maximum Gasteiger partial charge on any atom is 0.371 e. The molecule has 0 fully saturated rings. The van der Waals surface area contributed by atoms with E-state index < -0.39 is 10.2 Å². The highest BCUT2D eigenvalue weighted by Gasteiger charge is 2.30. The quantitative estimate of drug-likeness (QED) is 0.637. The van der Waals surface area contributed by atoms with Crippen LogP contribution in [0.25, 0.3) is 0 Å². The molecule has 0 N–H and O–H groups in total. The molecule has 88 valence electrons. The van der Waals surface area contributed by atoms with Gasteiger partial charge in [-0.2, -0.15) is 13.5 Å². The largest absolute Gasteiger partial charge is 0.405 e. The second-order valence-corrected chi connectivity index (χ2v) is 5.13. The standard InChI is InChI=1S/C8H12N4O3S/c1-5-6(2)9-12-7(5)15-8(11(3)4)10-16(12,13)14/h1-4H3. The highest BCUT2D eigenvalue weighted by molar-refractivity contribution is 7.88. The molecule has 2 rings (SSSR count). The number of aryl methyl sites for hydroxylation is 1. The molecule has 1 aliphatic heterocycles. The minimum Gasteiger partial charge on any atom is -0.405 e. The number of fused-ring (bicyclic) bond motifs is 1. The summed E-state index contributed by atoms with van der Waals surface area (Å²) in [6, 6.07) is 0.0375. The topological polar surface area (TPSA) is 76.8 Å². The molecule has 0 atom stereocenters. The molecule has 0 spiro atoms. The molecule has 16 heavy (non-hydrogen) atoms. The predicted octanol–water partition coefficient (Wildman–Crippen LogP) is -0.0972. The second kappa shape index (κ2) is 3.21. The summed E-state index contributed by atoms with van der Waals surface area (Å²) >= 11 is 0. The third kappa shape index (κ3) is 1.45. The van der Waals surface area contributed by atoms with Crippen LogP contribution in [0.5, 0.6) is 5.88 Å². The molecule has 0 aliphatic carbocycles. The molecular formula is C8H12N4O3S. The molecule has 0 bridgehead atoms. The zero-order chi connectivity index (χ0) is 12.1. The summed E-state index contributed by atoms with van der Waals surface area (Å²) < 4.78 is 33.2. The smallest absolute Gasteiger partial charge is 0.371 e. The number of aromatic nitrogens is 2. The van der Waals surface area contributed by atoms with E-state index >= 15 is 0 Å². The summed E-state index contributed by atoms with van der Waals surface area (Å²) in [7, 11) is -0.500. The van der Waals surface area contributed by atoms with Crippen LogP contribution in [0.2, 0.25) is 0 Å². The molecule has 0 aromatic carbocycles. The van der Waals surface area contributed by atoms with E-state index in [1.807, 2.05) is 0 Å². The van der Waals surface area contributed by atoms with Gasteiger partial charge in [-0.15, -0.1) is 4.09 Å². The van der Waals surface area contributed by atoms with Gasteiger partial charge in [0.05, 0.1) is 5.69 Å². The lowest BCUT2D eigenvalue weighted by molar-refractivity contribution is 0.402. The molecule has 1 aromatic rings. The lowest BCUT2D eigenvalue weighted by Gasteiger charge is -2.19. The summed E-state index contributed by atoms with van der Waals surface area (Å²) in [6.07, 6.45) is 0. The lowest BCUT2D eigenvalue weighted by atomic mass is 10.3. The van der Waals surface area contributed by atoms with Gasteiger partial charge < -0.3 is 9.64 Å². The molecule has 0 amide bonds. The van der Waals surface area contributed by atoms with Crippen molar-refractivity contribution < 1.29 is 13.2 Å². The van der Waals surface area contributed by atoms with E-state index in [4.69, 9.17) is 4.74 Å². The normalized spacial score (nSPS) is 17.4. The van der Waals surface area contributed by atoms with E-state index in [-0.39, 0.29) is 11.9 Å². The Kier molecular flexibility index (Phi) is 2.19. The molecule has 0 saturated carbocycles. The first-order valence-electron chi connectivity index (χ1n) is 4.60. The Balaban J connectivity index is 2.65. The fourth-order valence-electron chi connectivity index (χ4n) is 1.24. The van der Waals surface area contributed by atoms with Crippen LogP contribution in [0.1, 0.15) is 11.3 Å². The number of amidine groups is 1. The van der Waals surface area contributed by atoms with Crippen molar-refractivity contribution in [2.45, 2.75) is 13.8 Å². The van der Waals surface area contributed by atoms with E-state index in [9.17, 15) is 8.42 Å². The van der Waals surface area contributed by atoms with Crippen molar-refractivity contribution in [1.82, 2.24) is 14.1 Å². The first-order chi connectivity index (χ1) is 7.33. The van der Waals surface area contributed by atoms with Crippen molar-refractivity contribution in [1.29, 1.82) is 0 Å². The van der Waals surface area contributed by atoms with Crippen molar-refractivity contribution in [3.8, 4) is 5.88 Å². The zero-order valence-electron chi connectivity index (χ0n) is 9.42. The van der Waals surface area contributed by atoms with Gasteiger partial charge in [0, 0.05) is 19.7 Å². The number of hydrogen-bond acceptors (Lipinski definition) is 5. The van der Waals surface area contributed by atoms with Crippen LogP contribution >= 0.6 is 0 Å². The van der Waals surface area contributed by atoms with Gasteiger partial charge in [-0.1, -0.05) is 4.40 Å². The fraction of sp³-hybridized carbons (Fsp3) is 0.500. The third-order valence-corrected chi connectivity index (χ3v) is 3.33. The van der Waals surface area contributed by atoms with E-state index in [1.54, 1.807) is 27.9 Å². The zero-order valence-corrected chi connectivity index (χ0v) is 10.2. The van der Waals surface area contributed by atoms with E-state index in [0.717, 1.165) is 4.09 Å². The Bertz CT molecular complexity index is 570. The van der Waals surface area contributed by atoms with E-state index in [0.29, 0.717) is 11.3 Å². The van der Waals surface area contributed by atoms with Crippen molar-refractivity contribution in [3.05, 3.63) is 11.3 Å². The van der Waals surface area contributed by atoms with Crippen LogP contribution in [0.4, 0.5) is 0 Å². The average molecular weight is 244 g/mol. The Morgan fingerprint density at radius 3 is 2.50 bits per heavy atom. The number of hydrogen-bond donors (Lipinski definition) is 0. The van der Waals surface area contributed by atoms with Gasteiger partial charge in [-0.05, 0) is 13.8 Å². The molecular weight excluding hydrogens is 232 g/mol. The Morgan fingerprint density at radius 1 is 1.31 bits per heavy atom. The van der Waals surface area contributed by atoms with Crippen molar-refractivity contribution in [2.24, 2.45) is 4.40 Å². The third-order valence-electron chi connectivity index (χ3n) is 2.26. The first kappa shape index (κ1) is 10.9. The molecule has 1 aliphatic rings. The van der Waals surface area contributed by atoms with Crippen LogP contribution in [-0.2, 0) is 10.2 Å². The SMILES string of the molecule is Cc1nn2c(c1C)OC(N(C)C)=NS2(=O)=O. The van der Waals surface area contributed by atoms with Gasteiger partial charge in [0.2, 0.25) is 5.88 Å². The van der Waals surface area contributed by atoms with Gasteiger partial charge in [0.1, 0.15) is 0 Å². The molecule has 7 nitrogen and oxygen atoms in total. The summed E-state index contributed by atoms with van der Waals surface area (Å²) in [5.41, 5.74) is 1.30. The number of nitrogens with zero attached hydrogens (tertiary/aromatic N) is 4. The van der Waals surface area contributed by atoms with Crippen LogP contribution < -0.4 is 4.74 Å². The molecule has 8 heteroatoms. The van der Waals surface area contributed by atoms with Gasteiger partial charge in [0.25, 0.3) is 0 Å². The summed E-state index contributed by atoms with van der Waals surface area (Å²) in [5, 5.41) is 3.88. The van der Waals surface area contributed by atoms with Crippen LogP contribution in [0.15, 0.2) is 4.40 Å². The van der Waals surface area contributed by atoms with Gasteiger partial charge in [-0.3, -0.25) is 0 Å². The van der Waals surface area contributed by atoms with E-state index in [2.05, 4.69) is 9.50 Å². The van der Waals surface area contributed by atoms with Crippen LogP contribution in [-0.4, -0.2) is 42.6 Å². The van der Waals surface area contributed by atoms with Crippen molar-refractivity contribution in [3.63, 3.8) is 0 Å². The Hall–Kier alpha value is -1.57. The molecule has 1 aromatic heterocycles. The molecule has 0 saturated heterocycles. The average Bonchev–Trinajstić information content (AvgIpc) is 2.45. The first-order valence-corrected chi connectivity index (χ1v) is 5.99. The van der Waals surface area contributed by atoms with Crippen LogP contribution in [0, 0.1) is 13.8 Å². The lowest BCUT2D eigenvalue weighted by Crippen LogP contribution is -2.34. The van der Waals surface area contributed by atoms with Crippen LogP contribution in [0.3, 0.4) is 0 Å². The van der Waals surface area contributed by atoms with Gasteiger partial charge in [-0.25, -0.2) is 0 Å². The Morgan fingerprint density at radius 2 is 1.94 bits per heavy atom. The molecule has 0 unspecified atom stereocenters. The van der Waals surface area contributed by atoms with Gasteiger partial charge in [0.15, 0.2) is 0 Å². The maximum atomic E-state index is 11.8. The molecule has 2 heterocycles.